The first-order valence-electron chi connectivity index (χ1n) is 11.1. The van der Waals surface area contributed by atoms with Crippen LogP contribution in [0.4, 0.5) is 0 Å². The molecule has 0 amide bonds. The van der Waals surface area contributed by atoms with Crippen LogP contribution in [0.3, 0.4) is 0 Å². The van der Waals surface area contributed by atoms with Crippen molar-refractivity contribution in [3.63, 3.8) is 0 Å². The molecule has 0 aliphatic carbocycles. The Hall–Kier alpha value is -0.180. The van der Waals surface area contributed by atoms with Crippen LogP contribution in [-0.4, -0.2) is 17.8 Å². The Morgan fingerprint density at radius 2 is 1.04 bits per heavy atom. The molecular formula is C22H44O2S. The van der Waals surface area contributed by atoms with Crippen LogP contribution < -0.4 is 0 Å². The zero-order valence-corrected chi connectivity index (χ0v) is 18.0. The van der Waals surface area contributed by atoms with Crippen LogP contribution in [0, 0.1) is 0 Å². The van der Waals surface area contributed by atoms with Gasteiger partial charge in [0.15, 0.2) is 0 Å². The standard InChI is InChI=1S/C22H44O2S/c1-3-5-6-7-8-9-10-11-12-13-14-15-16-17-18-19-20-24-22(23)21(25)4-2/h21,25H,3-20H2,1-2H3. The van der Waals surface area contributed by atoms with Crippen molar-refractivity contribution in [3.05, 3.63) is 0 Å². The molecule has 0 aromatic rings. The lowest BCUT2D eigenvalue weighted by Gasteiger charge is -2.08. The van der Waals surface area contributed by atoms with Gasteiger partial charge in [0.2, 0.25) is 0 Å². The number of carbonyl (C=O) groups excluding carboxylic acids is 1. The summed E-state index contributed by atoms with van der Waals surface area (Å²) in [7, 11) is 0. The van der Waals surface area contributed by atoms with E-state index in [2.05, 4.69) is 19.6 Å². The molecule has 0 spiro atoms. The van der Waals surface area contributed by atoms with E-state index in [1.54, 1.807) is 0 Å². The highest BCUT2D eigenvalue weighted by molar-refractivity contribution is 7.81. The van der Waals surface area contributed by atoms with Crippen LogP contribution in [-0.2, 0) is 9.53 Å². The summed E-state index contributed by atoms with van der Waals surface area (Å²) in [6.45, 7) is 4.80. The van der Waals surface area contributed by atoms with E-state index in [0.29, 0.717) is 6.61 Å². The molecule has 25 heavy (non-hydrogen) atoms. The molecule has 0 N–H and O–H groups in total. The van der Waals surface area contributed by atoms with Gasteiger partial charge in [-0.3, -0.25) is 4.79 Å². The van der Waals surface area contributed by atoms with E-state index in [9.17, 15) is 4.79 Å². The van der Waals surface area contributed by atoms with Crippen LogP contribution in [0.2, 0.25) is 0 Å². The van der Waals surface area contributed by atoms with E-state index in [0.717, 1.165) is 12.8 Å². The Morgan fingerprint density at radius 1 is 0.680 bits per heavy atom. The minimum Gasteiger partial charge on any atom is -0.465 e. The first-order chi connectivity index (χ1) is 12.2. The normalized spacial score (nSPS) is 12.3. The maximum Gasteiger partial charge on any atom is 0.318 e. The molecule has 0 heterocycles. The summed E-state index contributed by atoms with van der Waals surface area (Å²) >= 11 is 4.19. The van der Waals surface area contributed by atoms with Gasteiger partial charge in [0, 0.05) is 0 Å². The van der Waals surface area contributed by atoms with Crippen molar-refractivity contribution in [2.75, 3.05) is 6.61 Å². The van der Waals surface area contributed by atoms with E-state index in [4.69, 9.17) is 4.74 Å². The largest absolute Gasteiger partial charge is 0.465 e. The molecule has 0 fully saturated rings. The molecule has 3 heteroatoms. The molecule has 1 atom stereocenters. The summed E-state index contributed by atoms with van der Waals surface area (Å²) in [4.78, 5) is 11.4. The molecule has 2 nitrogen and oxygen atoms in total. The van der Waals surface area contributed by atoms with E-state index < -0.39 is 0 Å². The molecule has 0 bridgehead atoms. The lowest BCUT2D eigenvalue weighted by atomic mass is 10.0. The molecule has 1 unspecified atom stereocenters. The van der Waals surface area contributed by atoms with Crippen molar-refractivity contribution in [2.24, 2.45) is 0 Å². The summed E-state index contributed by atoms with van der Waals surface area (Å²) in [6.07, 6.45) is 22.5. The zero-order chi connectivity index (χ0) is 18.6. The highest BCUT2D eigenvalue weighted by atomic mass is 32.1. The Morgan fingerprint density at radius 3 is 1.40 bits per heavy atom. The minimum absolute atomic E-state index is 0.160. The predicted octanol–water partition coefficient (Wildman–Crippen LogP) is 7.50. The van der Waals surface area contributed by atoms with Crippen LogP contribution in [0.5, 0.6) is 0 Å². The Kier molecular flexibility index (Phi) is 20.0. The number of carbonyl (C=O) groups is 1. The van der Waals surface area contributed by atoms with Crippen molar-refractivity contribution in [1.82, 2.24) is 0 Å². The average Bonchev–Trinajstić information content (AvgIpc) is 2.63. The molecule has 0 aliphatic rings. The molecular weight excluding hydrogens is 328 g/mol. The van der Waals surface area contributed by atoms with Crippen LogP contribution in [0.1, 0.15) is 123 Å². The molecule has 0 saturated carbocycles. The number of hydrogen-bond acceptors (Lipinski definition) is 3. The third-order valence-electron chi connectivity index (χ3n) is 4.90. The summed E-state index contributed by atoms with van der Waals surface area (Å²) in [5.74, 6) is -0.160. The van der Waals surface area contributed by atoms with Gasteiger partial charge in [-0.15, -0.1) is 0 Å². The van der Waals surface area contributed by atoms with Crippen molar-refractivity contribution in [1.29, 1.82) is 0 Å². The van der Waals surface area contributed by atoms with Crippen molar-refractivity contribution < 1.29 is 9.53 Å². The predicted molar refractivity (Wildman–Crippen MR) is 114 cm³/mol. The molecule has 150 valence electrons. The second kappa shape index (κ2) is 20.1. The van der Waals surface area contributed by atoms with Gasteiger partial charge in [0.1, 0.15) is 0 Å². The quantitative estimate of drug-likeness (QED) is 0.144. The second-order valence-electron chi connectivity index (χ2n) is 7.39. The third kappa shape index (κ3) is 18.4. The zero-order valence-electron chi connectivity index (χ0n) is 17.1. The van der Waals surface area contributed by atoms with Crippen molar-refractivity contribution in [3.8, 4) is 0 Å². The number of unbranched alkanes of at least 4 members (excludes halogenated alkanes) is 15. The fraction of sp³-hybridized carbons (Fsp3) is 0.955. The average molecular weight is 373 g/mol. The van der Waals surface area contributed by atoms with E-state index in [1.165, 1.54) is 96.3 Å². The first-order valence-corrected chi connectivity index (χ1v) is 11.6. The molecule has 0 radical (unpaired) electrons. The number of esters is 1. The van der Waals surface area contributed by atoms with E-state index in [1.807, 2.05) is 6.92 Å². The Bertz CT molecular complexity index is 281. The number of thiol groups is 1. The smallest absolute Gasteiger partial charge is 0.318 e. The van der Waals surface area contributed by atoms with Crippen LogP contribution in [0.15, 0.2) is 0 Å². The van der Waals surface area contributed by atoms with Gasteiger partial charge in [0.05, 0.1) is 11.9 Å². The highest BCUT2D eigenvalue weighted by Gasteiger charge is 2.11. The summed E-state index contributed by atoms with van der Waals surface area (Å²) < 4.78 is 5.20. The van der Waals surface area contributed by atoms with Gasteiger partial charge in [-0.25, -0.2) is 0 Å². The maximum absolute atomic E-state index is 11.4. The van der Waals surface area contributed by atoms with Crippen molar-refractivity contribution >= 4 is 18.6 Å². The minimum atomic E-state index is -0.249. The van der Waals surface area contributed by atoms with Crippen LogP contribution in [0.25, 0.3) is 0 Å². The van der Waals surface area contributed by atoms with Gasteiger partial charge in [-0.1, -0.05) is 110 Å². The summed E-state index contributed by atoms with van der Waals surface area (Å²) in [6, 6.07) is 0. The number of rotatable bonds is 19. The van der Waals surface area contributed by atoms with E-state index in [-0.39, 0.29) is 11.2 Å². The molecule has 0 aromatic heterocycles. The molecule has 0 saturated heterocycles. The van der Waals surface area contributed by atoms with Crippen LogP contribution >= 0.6 is 12.6 Å². The Labute approximate surface area is 163 Å². The van der Waals surface area contributed by atoms with Gasteiger partial charge in [0.25, 0.3) is 0 Å². The summed E-state index contributed by atoms with van der Waals surface area (Å²) in [5, 5.41) is -0.249. The number of hydrogen-bond donors (Lipinski definition) is 1. The topological polar surface area (TPSA) is 26.3 Å². The molecule has 0 aliphatic heterocycles. The lowest BCUT2D eigenvalue weighted by Crippen LogP contribution is -2.17. The van der Waals surface area contributed by atoms with Gasteiger partial charge >= 0.3 is 5.97 Å². The second-order valence-corrected chi connectivity index (χ2v) is 8.02. The highest BCUT2D eigenvalue weighted by Crippen LogP contribution is 2.13. The van der Waals surface area contributed by atoms with Gasteiger partial charge in [-0.2, -0.15) is 12.6 Å². The Balaban J connectivity index is 3.08. The van der Waals surface area contributed by atoms with Crippen molar-refractivity contribution in [2.45, 2.75) is 128 Å². The summed E-state index contributed by atoms with van der Waals surface area (Å²) in [5.41, 5.74) is 0. The molecule has 0 aromatic carbocycles. The van der Waals surface area contributed by atoms with Gasteiger partial charge < -0.3 is 4.74 Å². The fourth-order valence-corrected chi connectivity index (χ4v) is 3.16. The maximum atomic E-state index is 11.4. The monoisotopic (exact) mass is 372 g/mol. The third-order valence-corrected chi connectivity index (χ3v) is 5.48. The lowest BCUT2D eigenvalue weighted by molar-refractivity contribution is -0.143. The molecule has 0 rings (SSSR count). The first kappa shape index (κ1) is 24.8. The van der Waals surface area contributed by atoms with E-state index >= 15 is 0 Å². The number of ether oxygens (including phenoxy) is 1. The SMILES string of the molecule is CCCCCCCCCCCCCCCCCCOC(=O)C(S)CC. The van der Waals surface area contributed by atoms with Gasteiger partial charge in [-0.05, 0) is 12.8 Å². The fourth-order valence-electron chi connectivity index (χ4n) is 3.09.